The van der Waals surface area contributed by atoms with E-state index in [0.29, 0.717) is 15.9 Å². The molecule has 1 heterocycles. The van der Waals surface area contributed by atoms with Crippen LogP contribution in [0.15, 0.2) is 30.5 Å². The van der Waals surface area contributed by atoms with Crippen LogP contribution >= 0.6 is 23.2 Å². The highest BCUT2D eigenvalue weighted by molar-refractivity contribution is 6.33. The van der Waals surface area contributed by atoms with Crippen molar-refractivity contribution >= 4 is 40.7 Å². The largest absolute Gasteiger partial charge is 0.368 e. The Balaban J connectivity index is 2.26. The van der Waals surface area contributed by atoms with Crippen molar-refractivity contribution in [2.45, 2.75) is 0 Å². The fourth-order valence-corrected chi connectivity index (χ4v) is 1.40. The van der Waals surface area contributed by atoms with Gasteiger partial charge in [-0.3, -0.25) is 0 Å². The molecule has 0 atom stereocenters. The van der Waals surface area contributed by atoms with E-state index < -0.39 is 0 Å². The van der Waals surface area contributed by atoms with Gasteiger partial charge in [-0.05, 0) is 24.3 Å². The van der Waals surface area contributed by atoms with Gasteiger partial charge >= 0.3 is 0 Å². The number of halogens is 2. The van der Waals surface area contributed by atoms with Gasteiger partial charge in [-0.15, -0.1) is 0 Å². The standard InChI is InChI=1S/C10H8Cl2N4/c11-6-1-3-7(4-2-6)15-9-8(12)5-14-10(13)16-9/h1-5H,(H3,13,14,15,16). The molecule has 0 bridgehead atoms. The van der Waals surface area contributed by atoms with Crippen LogP contribution in [-0.4, -0.2) is 9.97 Å². The van der Waals surface area contributed by atoms with E-state index in [4.69, 9.17) is 28.9 Å². The van der Waals surface area contributed by atoms with Crippen LogP contribution < -0.4 is 11.1 Å². The molecule has 16 heavy (non-hydrogen) atoms. The van der Waals surface area contributed by atoms with Gasteiger partial charge in [0.15, 0.2) is 5.82 Å². The van der Waals surface area contributed by atoms with E-state index in [1.54, 1.807) is 12.1 Å². The molecule has 0 saturated heterocycles. The van der Waals surface area contributed by atoms with Gasteiger partial charge in [0, 0.05) is 10.7 Å². The molecule has 4 nitrogen and oxygen atoms in total. The Morgan fingerprint density at radius 2 is 1.81 bits per heavy atom. The van der Waals surface area contributed by atoms with Crippen LogP contribution in [0.3, 0.4) is 0 Å². The Morgan fingerprint density at radius 3 is 2.50 bits per heavy atom. The summed E-state index contributed by atoms with van der Waals surface area (Å²) >= 11 is 11.7. The molecule has 0 saturated carbocycles. The maximum absolute atomic E-state index is 5.91. The highest BCUT2D eigenvalue weighted by atomic mass is 35.5. The molecule has 0 radical (unpaired) electrons. The quantitative estimate of drug-likeness (QED) is 0.865. The number of nitrogens with two attached hydrogens (primary N) is 1. The van der Waals surface area contributed by atoms with Gasteiger partial charge in [-0.1, -0.05) is 23.2 Å². The van der Waals surface area contributed by atoms with E-state index >= 15 is 0 Å². The van der Waals surface area contributed by atoms with Gasteiger partial charge in [-0.2, -0.15) is 4.98 Å². The Kier molecular flexibility index (Phi) is 3.12. The minimum absolute atomic E-state index is 0.167. The number of hydrogen-bond donors (Lipinski definition) is 2. The Hall–Kier alpha value is -1.52. The summed E-state index contributed by atoms with van der Waals surface area (Å²) in [5.74, 6) is 0.636. The number of rotatable bonds is 2. The number of aromatic nitrogens is 2. The maximum Gasteiger partial charge on any atom is 0.222 e. The summed E-state index contributed by atoms with van der Waals surface area (Å²) in [6.07, 6.45) is 1.45. The van der Waals surface area contributed by atoms with Gasteiger partial charge in [0.1, 0.15) is 5.02 Å². The van der Waals surface area contributed by atoms with Crippen LogP contribution in [-0.2, 0) is 0 Å². The van der Waals surface area contributed by atoms with Crippen LogP contribution in [0.2, 0.25) is 10.0 Å². The van der Waals surface area contributed by atoms with Crippen molar-refractivity contribution in [2.24, 2.45) is 0 Å². The number of nitrogens with one attached hydrogen (secondary N) is 1. The second-order valence-electron chi connectivity index (χ2n) is 3.06. The molecule has 0 unspecified atom stereocenters. The van der Waals surface area contributed by atoms with E-state index in [9.17, 15) is 0 Å². The molecule has 0 spiro atoms. The highest BCUT2D eigenvalue weighted by Gasteiger charge is 2.03. The lowest BCUT2D eigenvalue weighted by molar-refractivity contribution is 1.18. The van der Waals surface area contributed by atoms with Crippen molar-refractivity contribution < 1.29 is 0 Å². The van der Waals surface area contributed by atoms with Crippen molar-refractivity contribution in [1.82, 2.24) is 9.97 Å². The summed E-state index contributed by atoms with van der Waals surface area (Å²) in [4.78, 5) is 7.75. The summed E-state index contributed by atoms with van der Waals surface area (Å²) in [5.41, 5.74) is 6.29. The molecule has 0 aliphatic rings. The first kappa shape index (κ1) is 11.0. The van der Waals surface area contributed by atoms with Crippen LogP contribution in [0.5, 0.6) is 0 Å². The fraction of sp³-hybridized carbons (Fsp3) is 0. The number of hydrogen-bond acceptors (Lipinski definition) is 4. The lowest BCUT2D eigenvalue weighted by atomic mass is 10.3. The van der Waals surface area contributed by atoms with Crippen molar-refractivity contribution in [3.8, 4) is 0 Å². The van der Waals surface area contributed by atoms with Gasteiger partial charge in [0.05, 0.1) is 6.20 Å². The average Bonchev–Trinajstić information content (AvgIpc) is 2.27. The summed E-state index contributed by atoms with van der Waals surface area (Å²) in [6, 6.07) is 7.17. The monoisotopic (exact) mass is 254 g/mol. The van der Waals surface area contributed by atoms with Crippen LogP contribution in [0.1, 0.15) is 0 Å². The van der Waals surface area contributed by atoms with Crippen molar-refractivity contribution in [1.29, 1.82) is 0 Å². The molecule has 0 fully saturated rings. The number of nitrogens with zero attached hydrogens (tertiary/aromatic N) is 2. The third-order valence-electron chi connectivity index (χ3n) is 1.87. The average molecular weight is 255 g/mol. The summed E-state index contributed by atoms with van der Waals surface area (Å²) in [7, 11) is 0. The third kappa shape index (κ3) is 2.53. The minimum Gasteiger partial charge on any atom is -0.368 e. The van der Waals surface area contributed by atoms with Gasteiger partial charge in [0.25, 0.3) is 0 Å². The first-order chi connectivity index (χ1) is 7.65. The topological polar surface area (TPSA) is 63.8 Å². The molecule has 0 aliphatic carbocycles. The van der Waals surface area contributed by atoms with E-state index in [1.807, 2.05) is 12.1 Å². The van der Waals surface area contributed by atoms with Crippen molar-refractivity contribution in [2.75, 3.05) is 11.1 Å². The second-order valence-corrected chi connectivity index (χ2v) is 3.90. The number of benzene rings is 1. The summed E-state index contributed by atoms with van der Waals surface area (Å²) in [6.45, 7) is 0. The number of anilines is 3. The second kappa shape index (κ2) is 4.55. The zero-order valence-corrected chi connectivity index (χ0v) is 9.63. The third-order valence-corrected chi connectivity index (χ3v) is 2.40. The van der Waals surface area contributed by atoms with E-state index in [2.05, 4.69) is 15.3 Å². The predicted octanol–water partition coefficient (Wildman–Crippen LogP) is 3.11. The maximum atomic E-state index is 5.91. The molecule has 0 amide bonds. The minimum atomic E-state index is 0.167. The lowest BCUT2D eigenvalue weighted by Crippen LogP contribution is -2.00. The Bertz CT molecular complexity index is 499. The Labute approximate surface area is 102 Å². The zero-order chi connectivity index (χ0) is 11.5. The molecule has 2 rings (SSSR count). The van der Waals surface area contributed by atoms with Crippen LogP contribution in [0.25, 0.3) is 0 Å². The molecule has 2 aromatic rings. The summed E-state index contributed by atoms with van der Waals surface area (Å²) in [5, 5.41) is 4.09. The highest BCUT2D eigenvalue weighted by Crippen LogP contribution is 2.23. The molecular weight excluding hydrogens is 247 g/mol. The van der Waals surface area contributed by atoms with Crippen LogP contribution in [0, 0.1) is 0 Å². The predicted molar refractivity (Wildman–Crippen MR) is 66.2 cm³/mol. The van der Waals surface area contributed by atoms with E-state index in [0.717, 1.165) is 5.69 Å². The molecule has 0 aliphatic heterocycles. The molecule has 1 aromatic heterocycles. The van der Waals surface area contributed by atoms with Crippen molar-refractivity contribution in [3.05, 3.63) is 40.5 Å². The van der Waals surface area contributed by atoms with E-state index in [-0.39, 0.29) is 5.95 Å². The normalized spacial score (nSPS) is 10.1. The Morgan fingerprint density at radius 1 is 1.12 bits per heavy atom. The van der Waals surface area contributed by atoms with Gasteiger partial charge in [0.2, 0.25) is 5.95 Å². The fourth-order valence-electron chi connectivity index (χ4n) is 1.14. The first-order valence-corrected chi connectivity index (χ1v) is 5.21. The van der Waals surface area contributed by atoms with Gasteiger partial charge in [-0.25, -0.2) is 4.98 Å². The molecule has 82 valence electrons. The first-order valence-electron chi connectivity index (χ1n) is 4.46. The SMILES string of the molecule is Nc1ncc(Cl)c(Nc2ccc(Cl)cc2)n1. The van der Waals surface area contributed by atoms with Gasteiger partial charge < -0.3 is 11.1 Å². The zero-order valence-electron chi connectivity index (χ0n) is 8.11. The molecule has 3 N–H and O–H groups in total. The molecular formula is C10H8Cl2N4. The molecule has 1 aromatic carbocycles. The smallest absolute Gasteiger partial charge is 0.222 e. The van der Waals surface area contributed by atoms with Crippen molar-refractivity contribution in [3.63, 3.8) is 0 Å². The molecule has 6 heteroatoms. The van der Waals surface area contributed by atoms with Crippen LogP contribution in [0.4, 0.5) is 17.5 Å². The number of nitrogen functional groups attached to an aromatic ring is 1. The lowest BCUT2D eigenvalue weighted by Gasteiger charge is -2.07. The van der Waals surface area contributed by atoms with E-state index in [1.165, 1.54) is 6.20 Å². The summed E-state index contributed by atoms with van der Waals surface area (Å²) < 4.78 is 0.